The number of aryl methyl sites for hydroxylation is 1. The zero-order valence-electron chi connectivity index (χ0n) is 11.1. The molecule has 1 aromatic carbocycles. The lowest BCUT2D eigenvalue weighted by atomic mass is 10.1. The van der Waals surface area contributed by atoms with Gasteiger partial charge in [-0.05, 0) is 30.0 Å². The maximum absolute atomic E-state index is 4.57. The Kier molecular flexibility index (Phi) is 2.33. The quantitative estimate of drug-likeness (QED) is 0.519. The van der Waals surface area contributed by atoms with Gasteiger partial charge in [-0.25, -0.2) is 4.98 Å². The van der Waals surface area contributed by atoms with Crippen LogP contribution in [0.5, 0.6) is 0 Å². The minimum absolute atomic E-state index is 0.973. The van der Waals surface area contributed by atoms with Crippen molar-refractivity contribution in [3.8, 4) is 11.4 Å². The Hall–Kier alpha value is -2.68. The molecule has 0 saturated carbocycles. The van der Waals surface area contributed by atoms with Crippen molar-refractivity contribution in [2.24, 2.45) is 0 Å². The van der Waals surface area contributed by atoms with Gasteiger partial charge in [0, 0.05) is 17.8 Å². The zero-order valence-corrected chi connectivity index (χ0v) is 11.1. The molecule has 0 radical (unpaired) electrons. The molecule has 3 heterocycles. The van der Waals surface area contributed by atoms with Crippen LogP contribution in [-0.4, -0.2) is 14.4 Å². The highest BCUT2D eigenvalue weighted by Crippen LogP contribution is 2.27. The largest absolute Gasteiger partial charge is 0.298 e. The summed E-state index contributed by atoms with van der Waals surface area (Å²) >= 11 is 0. The van der Waals surface area contributed by atoms with Crippen LogP contribution in [0, 0.1) is 6.92 Å². The molecule has 0 atom stereocenters. The Morgan fingerprint density at radius 1 is 0.950 bits per heavy atom. The van der Waals surface area contributed by atoms with Crippen molar-refractivity contribution >= 4 is 16.4 Å². The maximum atomic E-state index is 4.57. The first-order valence-electron chi connectivity index (χ1n) is 6.61. The molecule has 0 fully saturated rings. The third-order valence-corrected chi connectivity index (χ3v) is 3.65. The van der Waals surface area contributed by atoms with Crippen molar-refractivity contribution in [3.63, 3.8) is 0 Å². The topological polar surface area (TPSA) is 30.2 Å². The summed E-state index contributed by atoms with van der Waals surface area (Å²) in [5.74, 6) is 0. The minimum Gasteiger partial charge on any atom is -0.298 e. The van der Waals surface area contributed by atoms with E-state index in [-0.39, 0.29) is 0 Å². The van der Waals surface area contributed by atoms with Gasteiger partial charge in [0.05, 0.1) is 17.6 Å². The average molecular weight is 259 g/mol. The summed E-state index contributed by atoms with van der Waals surface area (Å²) in [4.78, 5) is 9.09. The second-order valence-corrected chi connectivity index (χ2v) is 4.91. The Labute approximate surface area is 116 Å². The highest BCUT2D eigenvalue weighted by Gasteiger charge is 2.11. The molecule has 0 bridgehead atoms. The minimum atomic E-state index is 0.973. The summed E-state index contributed by atoms with van der Waals surface area (Å²) in [6.07, 6.45) is 5.79. The van der Waals surface area contributed by atoms with Crippen LogP contribution in [0.3, 0.4) is 0 Å². The molecule has 0 saturated heterocycles. The summed E-state index contributed by atoms with van der Waals surface area (Å²) in [7, 11) is 0. The molecule has 0 aliphatic heterocycles. The van der Waals surface area contributed by atoms with Crippen LogP contribution in [-0.2, 0) is 0 Å². The summed E-state index contributed by atoms with van der Waals surface area (Å²) in [6.45, 7) is 2.07. The van der Waals surface area contributed by atoms with E-state index in [0.717, 1.165) is 22.4 Å². The van der Waals surface area contributed by atoms with Crippen LogP contribution in [0.25, 0.3) is 27.8 Å². The fourth-order valence-corrected chi connectivity index (χ4v) is 2.65. The second-order valence-electron chi connectivity index (χ2n) is 4.91. The van der Waals surface area contributed by atoms with E-state index in [1.807, 2.05) is 42.9 Å². The first-order chi connectivity index (χ1) is 9.84. The number of fused-ring (bicyclic) bond motifs is 2. The van der Waals surface area contributed by atoms with Gasteiger partial charge in [0.15, 0.2) is 0 Å². The molecule has 0 spiro atoms. The molecule has 3 heteroatoms. The van der Waals surface area contributed by atoms with E-state index in [2.05, 4.69) is 39.5 Å². The van der Waals surface area contributed by atoms with E-state index in [4.69, 9.17) is 0 Å². The van der Waals surface area contributed by atoms with Crippen molar-refractivity contribution in [1.29, 1.82) is 0 Å². The SMILES string of the molecule is Cc1cccn2c(-c3nccc4ccccc34)cnc12. The summed E-state index contributed by atoms with van der Waals surface area (Å²) < 4.78 is 2.10. The molecule has 0 aliphatic carbocycles. The molecule has 0 unspecified atom stereocenters. The third-order valence-electron chi connectivity index (χ3n) is 3.65. The maximum Gasteiger partial charge on any atom is 0.140 e. The van der Waals surface area contributed by atoms with Gasteiger partial charge in [0.1, 0.15) is 5.65 Å². The molecule has 0 aliphatic rings. The highest BCUT2D eigenvalue weighted by molar-refractivity contribution is 5.93. The highest BCUT2D eigenvalue weighted by atomic mass is 15.0. The molecule has 0 amide bonds. The number of benzene rings is 1. The van der Waals surface area contributed by atoms with Crippen molar-refractivity contribution in [2.45, 2.75) is 6.92 Å². The Bertz CT molecular complexity index is 916. The van der Waals surface area contributed by atoms with Gasteiger partial charge in [-0.15, -0.1) is 0 Å². The summed E-state index contributed by atoms with van der Waals surface area (Å²) in [5.41, 5.74) is 4.15. The molecule has 3 aromatic heterocycles. The lowest BCUT2D eigenvalue weighted by molar-refractivity contribution is 1.15. The number of hydrogen-bond donors (Lipinski definition) is 0. The first kappa shape index (κ1) is 11.2. The van der Waals surface area contributed by atoms with Gasteiger partial charge in [0.2, 0.25) is 0 Å². The lowest BCUT2D eigenvalue weighted by Crippen LogP contribution is -1.92. The molecular formula is C17H13N3. The molecule has 4 aromatic rings. The van der Waals surface area contributed by atoms with Gasteiger partial charge in [-0.3, -0.25) is 9.38 Å². The molecule has 3 nitrogen and oxygen atoms in total. The van der Waals surface area contributed by atoms with Gasteiger partial charge < -0.3 is 0 Å². The monoisotopic (exact) mass is 259 g/mol. The summed E-state index contributed by atoms with van der Waals surface area (Å²) in [6, 6.07) is 14.4. The molecule has 20 heavy (non-hydrogen) atoms. The van der Waals surface area contributed by atoms with Crippen molar-refractivity contribution < 1.29 is 0 Å². The molecular weight excluding hydrogens is 246 g/mol. The first-order valence-corrected chi connectivity index (χ1v) is 6.61. The number of rotatable bonds is 1. The van der Waals surface area contributed by atoms with Crippen LogP contribution in [0.15, 0.2) is 61.1 Å². The molecule has 96 valence electrons. The van der Waals surface area contributed by atoms with E-state index < -0.39 is 0 Å². The van der Waals surface area contributed by atoms with Gasteiger partial charge >= 0.3 is 0 Å². The van der Waals surface area contributed by atoms with Gasteiger partial charge in [-0.2, -0.15) is 0 Å². The number of imidazole rings is 1. The second kappa shape index (κ2) is 4.17. The Balaban J connectivity index is 2.09. The predicted octanol–water partition coefficient (Wildman–Crippen LogP) is 3.86. The van der Waals surface area contributed by atoms with E-state index in [1.54, 1.807) is 0 Å². The number of pyridine rings is 2. The smallest absolute Gasteiger partial charge is 0.140 e. The average Bonchev–Trinajstić information content (AvgIpc) is 2.92. The summed E-state index contributed by atoms with van der Waals surface area (Å²) in [5, 5.41) is 2.35. The lowest BCUT2D eigenvalue weighted by Gasteiger charge is -2.06. The number of aromatic nitrogens is 3. The van der Waals surface area contributed by atoms with E-state index in [0.29, 0.717) is 0 Å². The van der Waals surface area contributed by atoms with E-state index >= 15 is 0 Å². The van der Waals surface area contributed by atoms with Crippen molar-refractivity contribution in [1.82, 2.24) is 14.4 Å². The predicted molar refractivity (Wildman–Crippen MR) is 80.7 cm³/mol. The van der Waals surface area contributed by atoms with Crippen LogP contribution in [0.2, 0.25) is 0 Å². The fraction of sp³-hybridized carbons (Fsp3) is 0.0588. The normalized spacial score (nSPS) is 11.2. The Morgan fingerprint density at radius 2 is 1.85 bits per heavy atom. The van der Waals surface area contributed by atoms with Crippen LogP contribution in [0.1, 0.15) is 5.56 Å². The van der Waals surface area contributed by atoms with Gasteiger partial charge in [0.25, 0.3) is 0 Å². The van der Waals surface area contributed by atoms with Crippen LogP contribution >= 0.6 is 0 Å². The standard InChI is InChI=1S/C17H13N3/c1-12-5-4-10-20-15(11-19-17(12)20)16-14-7-3-2-6-13(14)8-9-18-16/h2-11H,1H3. The molecule has 0 N–H and O–H groups in total. The van der Waals surface area contributed by atoms with Crippen molar-refractivity contribution in [2.75, 3.05) is 0 Å². The van der Waals surface area contributed by atoms with Crippen LogP contribution < -0.4 is 0 Å². The van der Waals surface area contributed by atoms with Crippen LogP contribution in [0.4, 0.5) is 0 Å². The van der Waals surface area contributed by atoms with Gasteiger partial charge in [-0.1, -0.05) is 30.3 Å². The molecule has 4 rings (SSSR count). The number of nitrogens with zero attached hydrogens (tertiary/aromatic N) is 3. The van der Waals surface area contributed by atoms with E-state index in [9.17, 15) is 0 Å². The van der Waals surface area contributed by atoms with Crippen molar-refractivity contribution in [3.05, 3.63) is 66.6 Å². The third kappa shape index (κ3) is 1.53. The van der Waals surface area contributed by atoms with E-state index in [1.165, 1.54) is 10.9 Å². The number of hydrogen-bond acceptors (Lipinski definition) is 2. The zero-order chi connectivity index (χ0) is 13.5. The fourth-order valence-electron chi connectivity index (χ4n) is 2.65. The Morgan fingerprint density at radius 3 is 2.80 bits per heavy atom.